The quantitative estimate of drug-likeness (QED) is 0.651. The Morgan fingerprint density at radius 3 is 2.65 bits per heavy atom. The summed E-state index contributed by atoms with van der Waals surface area (Å²) < 4.78 is 0. The van der Waals surface area contributed by atoms with Crippen molar-refractivity contribution in [1.82, 2.24) is 0 Å². The van der Waals surface area contributed by atoms with Crippen LogP contribution in [0, 0.1) is 5.41 Å². The molecule has 0 saturated heterocycles. The van der Waals surface area contributed by atoms with Crippen LogP contribution in [0.15, 0.2) is 67.3 Å². The standard InChI is InChI=1S/C17H16/c1-3-17(4-2)10-9-16-14(12-17)11-13-7-5-6-8-15(13)16/h3-10H,1-2,11-12H2. The second kappa shape index (κ2) is 3.59. The van der Waals surface area contributed by atoms with Gasteiger partial charge in [-0.2, -0.15) is 0 Å². The van der Waals surface area contributed by atoms with E-state index in [0.29, 0.717) is 0 Å². The summed E-state index contributed by atoms with van der Waals surface area (Å²) in [4.78, 5) is 0. The minimum atomic E-state index is -0.0408. The van der Waals surface area contributed by atoms with Crippen molar-refractivity contribution in [2.24, 2.45) is 5.41 Å². The zero-order valence-electron chi connectivity index (χ0n) is 9.95. The first-order chi connectivity index (χ1) is 8.28. The molecule has 0 atom stereocenters. The second-order valence-electron chi connectivity index (χ2n) is 4.88. The molecule has 0 aliphatic heterocycles. The van der Waals surface area contributed by atoms with Gasteiger partial charge in [0.15, 0.2) is 0 Å². The van der Waals surface area contributed by atoms with Crippen LogP contribution in [0.3, 0.4) is 0 Å². The van der Waals surface area contributed by atoms with Crippen LogP contribution in [0.4, 0.5) is 0 Å². The summed E-state index contributed by atoms with van der Waals surface area (Å²) in [6.45, 7) is 7.89. The Hall–Kier alpha value is -1.82. The fraction of sp³-hybridized carbons (Fsp3) is 0.176. The van der Waals surface area contributed by atoms with E-state index in [1.807, 2.05) is 12.2 Å². The summed E-state index contributed by atoms with van der Waals surface area (Å²) in [5.74, 6) is 0. The number of fused-ring (bicyclic) bond motifs is 2. The molecule has 0 radical (unpaired) electrons. The third kappa shape index (κ3) is 1.44. The van der Waals surface area contributed by atoms with E-state index in [0.717, 1.165) is 12.8 Å². The van der Waals surface area contributed by atoms with Crippen molar-refractivity contribution in [3.63, 3.8) is 0 Å². The molecule has 0 bridgehead atoms. The fourth-order valence-electron chi connectivity index (χ4n) is 2.85. The lowest BCUT2D eigenvalue weighted by atomic mass is 9.76. The second-order valence-corrected chi connectivity index (χ2v) is 4.88. The van der Waals surface area contributed by atoms with Gasteiger partial charge in [0.1, 0.15) is 0 Å². The molecular weight excluding hydrogens is 204 g/mol. The van der Waals surface area contributed by atoms with Crippen molar-refractivity contribution in [2.45, 2.75) is 12.8 Å². The Balaban J connectivity index is 2.04. The minimum absolute atomic E-state index is 0.0408. The minimum Gasteiger partial charge on any atom is -0.102 e. The largest absolute Gasteiger partial charge is 0.102 e. The normalized spacial score (nSPS) is 19.8. The predicted octanol–water partition coefficient (Wildman–Crippen LogP) is 4.31. The van der Waals surface area contributed by atoms with Gasteiger partial charge in [-0.15, -0.1) is 13.2 Å². The smallest absolute Gasteiger partial charge is 0.0277 e. The van der Waals surface area contributed by atoms with Gasteiger partial charge in [-0.05, 0) is 29.5 Å². The van der Waals surface area contributed by atoms with Gasteiger partial charge in [-0.25, -0.2) is 0 Å². The van der Waals surface area contributed by atoms with Gasteiger partial charge in [-0.1, -0.05) is 54.1 Å². The summed E-state index contributed by atoms with van der Waals surface area (Å²) in [5, 5.41) is 0. The van der Waals surface area contributed by atoms with Crippen LogP contribution in [0.5, 0.6) is 0 Å². The first-order valence-corrected chi connectivity index (χ1v) is 6.05. The van der Waals surface area contributed by atoms with E-state index >= 15 is 0 Å². The molecule has 1 aromatic carbocycles. The Morgan fingerprint density at radius 2 is 1.88 bits per heavy atom. The summed E-state index contributed by atoms with van der Waals surface area (Å²) >= 11 is 0. The molecule has 2 aliphatic rings. The highest BCUT2D eigenvalue weighted by Crippen LogP contribution is 2.45. The fourth-order valence-corrected chi connectivity index (χ4v) is 2.85. The van der Waals surface area contributed by atoms with Gasteiger partial charge in [0.2, 0.25) is 0 Å². The van der Waals surface area contributed by atoms with E-state index in [1.165, 1.54) is 22.3 Å². The molecule has 0 heterocycles. The highest BCUT2D eigenvalue weighted by atomic mass is 14.3. The molecule has 84 valence electrons. The van der Waals surface area contributed by atoms with Gasteiger partial charge >= 0.3 is 0 Å². The van der Waals surface area contributed by atoms with E-state index in [-0.39, 0.29) is 5.41 Å². The third-order valence-electron chi connectivity index (χ3n) is 3.93. The highest BCUT2D eigenvalue weighted by Gasteiger charge is 2.30. The van der Waals surface area contributed by atoms with Gasteiger partial charge in [0, 0.05) is 5.41 Å². The van der Waals surface area contributed by atoms with Gasteiger partial charge < -0.3 is 0 Å². The molecule has 0 nitrogen and oxygen atoms in total. The number of hydrogen-bond donors (Lipinski definition) is 0. The summed E-state index contributed by atoms with van der Waals surface area (Å²) in [7, 11) is 0. The Morgan fingerprint density at radius 1 is 1.12 bits per heavy atom. The van der Waals surface area contributed by atoms with Gasteiger partial charge in [-0.3, -0.25) is 0 Å². The number of benzene rings is 1. The maximum Gasteiger partial charge on any atom is 0.0277 e. The van der Waals surface area contributed by atoms with E-state index in [1.54, 1.807) is 0 Å². The first kappa shape index (κ1) is 10.3. The molecule has 0 heteroatoms. The first-order valence-electron chi connectivity index (χ1n) is 6.05. The maximum atomic E-state index is 3.95. The molecule has 0 aromatic heterocycles. The SMILES string of the molecule is C=CC1(C=C)C=CC2=C(Cc3ccccc32)C1. The van der Waals surface area contributed by atoms with E-state index in [4.69, 9.17) is 0 Å². The predicted molar refractivity (Wildman–Crippen MR) is 73.7 cm³/mol. The summed E-state index contributed by atoms with van der Waals surface area (Å²) in [6, 6.07) is 8.68. The number of allylic oxidation sites excluding steroid dienone is 6. The Kier molecular flexibility index (Phi) is 2.19. The van der Waals surface area contributed by atoms with E-state index < -0.39 is 0 Å². The highest BCUT2D eigenvalue weighted by molar-refractivity contribution is 5.84. The number of rotatable bonds is 2. The van der Waals surface area contributed by atoms with Crippen LogP contribution in [-0.4, -0.2) is 0 Å². The average molecular weight is 220 g/mol. The lowest BCUT2D eigenvalue weighted by Crippen LogP contribution is -2.15. The van der Waals surface area contributed by atoms with Crippen molar-refractivity contribution in [1.29, 1.82) is 0 Å². The Labute approximate surface area is 103 Å². The van der Waals surface area contributed by atoms with Crippen molar-refractivity contribution in [3.8, 4) is 0 Å². The topological polar surface area (TPSA) is 0 Å². The van der Waals surface area contributed by atoms with Crippen LogP contribution in [0.25, 0.3) is 5.57 Å². The zero-order chi connectivity index (χ0) is 11.9. The van der Waals surface area contributed by atoms with Crippen molar-refractivity contribution in [2.75, 3.05) is 0 Å². The molecular formula is C17H16. The van der Waals surface area contributed by atoms with Crippen molar-refractivity contribution < 1.29 is 0 Å². The Bertz CT molecular complexity index is 547. The molecule has 0 unspecified atom stereocenters. The average Bonchev–Trinajstić information content (AvgIpc) is 2.75. The molecule has 0 amide bonds. The molecule has 0 N–H and O–H groups in total. The van der Waals surface area contributed by atoms with Gasteiger partial charge in [0.25, 0.3) is 0 Å². The van der Waals surface area contributed by atoms with Crippen molar-refractivity contribution in [3.05, 3.63) is 78.4 Å². The molecule has 0 saturated carbocycles. The van der Waals surface area contributed by atoms with Gasteiger partial charge in [0.05, 0.1) is 0 Å². The molecule has 0 spiro atoms. The monoisotopic (exact) mass is 220 g/mol. The maximum absolute atomic E-state index is 3.95. The molecule has 3 rings (SSSR count). The molecule has 17 heavy (non-hydrogen) atoms. The molecule has 2 aliphatic carbocycles. The van der Waals surface area contributed by atoms with Crippen LogP contribution in [0.2, 0.25) is 0 Å². The lowest BCUT2D eigenvalue weighted by molar-refractivity contribution is 0.612. The van der Waals surface area contributed by atoms with Crippen LogP contribution in [-0.2, 0) is 6.42 Å². The van der Waals surface area contributed by atoms with E-state index in [2.05, 4.69) is 49.6 Å². The zero-order valence-corrected chi connectivity index (χ0v) is 9.95. The lowest BCUT2D eigenvalue weighted by Gasteiger charge is -2.27. The molecule has 1 aromatic rings. The van der Waals surface area contributed by atoms with Crippen LogP contribution >= 0.6 is 0 Å². The van der Waals surface area contributed by atoms with Crippen molar-refractivity contribution >= 4 is 5.57 Å². The number of hydrogen-bond acceptors (Lipinski definition) is 0. The van der Waals surface area contributed by atoms with E-state index in [9.17, 15) is 0 Å². The summed E-state index contributed by atoms with van der Waals surface area (Å²) in [6.07, 6.45) is 10.6. The third-order valence-corrected chi connectivity index (χ3v) is 3.93. The summed E-state index contributed by atoms with van der Waals surface area (Å²) in [5.41, 5.74) is 5.75. The molecule has 0 fully saturated rings. The van der Waals surface area contributed by atoms with Crippen LogP contribution < -0.4 is 0 Å². The van der Waals surface area contributed by atoms with Crippen LogP contribution in [0.1, 0.15) is 17.5 Å².